The fraction of sp³-hybridized carbons (Fsp3) is 0.595. The molecule has 0 radical (unpaired) electrons. The van der Waals surface area contributed by atoms with E-state index in [1.165, 1.54) is 77.5 Å². The van der Waals surface area contributed by atoms with Crippen LogP contribution in [-0.4, -0.2) is 349 Å². The Labute approximate surface area is 657 Å². The van der Waals surface area contributed by atoms with Gasteiger partial charge in [-0.25, -0.2) is 0 Å². The molecule has 2 bridgehead atoms. The van der Waals surface area contributed by atoms with Crippen molar-refractivity contribution in [3.05, 3.63) is 123 Å². The Balaban J connectivity index is 0.000000190. The molecular weight excluding hydrogens is 1610 g/mol. The minimum absolute atomic E-state index is 0.0877. The molecule has 0 unspecified atom stereocenters. The summed E-state index contributed by atoms with van der Waals surface area (Å²) in [6.07, 6.45) is 33.3. The van der Waals surface area contributed by atoms with E-state index in [0.717, 1.165) is 43.7 Å². The quantitative estimate of drug-likeness (QED) is 0.0473. The maximum atomic E-state index is 11.3. The van der Waals surface area contributed by atoms with Crippen LogP contribution in [0.4, 0.5) is 0 Å². The summed E-state index contributed by atoms with van der Waals surface area (Å²) >= 11 is 2.20. The molecule has 20 atom stereocenters. The van der Waals surface area contributed by atoms with Gasteiger partial charge in [-0.2, -0.15) is 0 Å². The van der Waals surface area contributed by atoms with Gasteiger partial charge in [-0.15, -0.1) is 65.9 Å². The first-order valence-corrected chi connectivity index (χ1v) is 52.3. The zero-order chi connectivity index (χ0) is 82.0. The molecule has 29 nitrogen and oxygen atoms in total. The molecule has 109 heavy (non-hydrogen) atoms. The number of aliphatic hydroxyl groups excluding tert-OH is 6. The van der Waals surface area contributed by atoms with Gasteiger partial charge in [0.15, 0.2) is 24.9 Å². The smallest absolute Gasteiger partial charge is 0.250 e. The van der Waals surface area contributed by atoms with Gasteiger partial charge in [-0.05, 0) is 150 Å². The number of amides is 5. The first-order chi connectivity index (χ1) is 50.0. The number of carbonyl (C=O) groups excluding carboxylic acids is 5. The van der Waals surface area contributed by atoms with Crippen LogP contribution in [0.25, 0.3) is 0 Å². The van der Waals surface area contributed by atoms with Crippen molar-refractivity contribution >= 4 is 118 Å². The molecule has 0 aliphatic carbocycles. The Morgan fingerprint density at radius 2 is 0.752 bits per heavy atom. The number of rotatable bonds is 20. The molecule has 11 aliphatic rings. The van der Waals surface area contributed by atoms with Gasteiger partial charge in [0.2, 0.25) is 0 Å². The highest BCUT2D eigenvalue weighted by molar-refractivity contribution is 14.1. The molecule has 0 spiro atoms. The van der Waals surface area contributed by atoms with E-state index in [-0.39, 0.29) is 45.8 Å². The monoisotopic (exact) mass is 1730 g/mol. The molecule has 0 saturated carbocycles. The van der Waals surface area contributed by atoms with E-state index >= 15 is 0 Å². The minimum Gasteiger partial charge on any atom is -0.389 e. The van der Waals surface area contributed by atoms with Crippen LogP contribution in [-0.2, 0) is 52.4 Å². The predicted molar refractivity (Wildman–Crippen MR) is 450 cm³/mol. The van der Waals surface area contributed by atoms with Crippen LogP contribution in [0.3, 0.4) is 0 Å². The molecule has 11 rings (SSSR count). The summed E-state index contributed by atoms with van der Waals surface area (Å²) in [6.45, 7) is 39.5. The molecule has 6 fully saturated rings. The highest BCUT2D eigenvalue weighted by atomic mass is 127. The number of nitrogens with zero attached hydrogens (tertiary/aromatic N) is 5. The molecule has 35 heteroatoms. The average Bonchev–Trinajstić information content (AvgIpc) is 1.58. The molecular formula is C74H120IN10O19P5. The topological polar surface area (TPSA) is 379 Å². The number of nitrogens with one attached hydrogen (secondary N) is 5. The summed E-state index contributed by atoms with van der Waals surface area (Å²) in [5.74, 6) is 0.612. The first kappa shape index (κ1) is 91.6. The van der Waals surface area contributed by atoms with Gasteiger partial charge in [0.1, 0.15) is 88.8 Å². The third kappa shape index (κ3) is 23.6. The molecule has 0 aromatic carbocycles. The van der Waals surface area contributed by atoms with Gasteiger partial charge in [0, 0.05) is 61.4 Å². The van der Waals surface area contributed by atoms with Crippen LogP contribution in [0.1, 0.15) is 52.9 Å². The van der Waals surface area contributed by atoms with Crippen LogP contribution in [0.15, 0.2) is 123 Å². The Morgan fingerprint density at radius 3 is 1.10 bits per heavy atom. The highest BCUT2D eigenvalue weighted by Crippen LogP contribution is 2.50. The van der Waals surface area contributed by atoms with Crippen molar-refractivity contribution in [1.82, 2.24) is 51.1 Å². The standard InChI is InChI=1S/C15H23N2O4P.3C15H25N2O4P.C14H22IN2O3P/c1-10-16-11(18)5-7-17(10)14-12-13(19)15(21-14,9-20-12)6-8-22(2,3)4;2*1-10-16-12(18)6-8-17(10)14-15(2,20)13(19)11(21-14)7-9-22(3,4)5;1-10-16-11(18)6-8-17(10)14-12(19)13(20)15(2,21-14)7-9-22(3,4)5;1-9-16-11(18)5-7-17(9)14-12(15)13(19)10(20-14)6-8-21(2,3)4/h5,7,12-14,19H,1-2,6,8-9H2,3-4H3,(H,16,18);2*6,8,11,13-14,19-20H,1,3,7,9H2,2,4-5H3,(H,16,18);6,8,12-14,19-20H,1,3,7,9H2,2,4-5H3,(H,16,18);5,7,10,12-14,19H,1-2,6,8H2,3-4H3,(H,16,18)/t12-,13+,14-,15+;11-,13-,14-,15+;11-,13-,14-,15-;12-,13+,14-,15-;10-,12-,13-,14-/m11111/s1. The average molecular weight is 1740 g/mol. The van der Waals surface area contributed by atoms with Crippen molar-refractivity contribution < 1.29 is 93.2 Å². The van der Waals surface area contributed by atoms with Crippen molar-refractivity contribution in [2.24, 2.45) is 0 Å². The van der Waals surface area contributed by atoms with Crippen LogP contribution in [0, 0.1) is 0 Å². The van der Waals surface area contributed by atoms with Crippen molar-refractivity contribution in [1.29, 1.82) is 0 Å². The highest BCUT2D eigenvalue weighted by Gasteiger charge is 2.63. The number of aliphatic hydroxyl groups is 8. The maximum absolute atomic E-state index is 11.3. The second-order valence-electron chi connectivity index (χ2n) is 33.4. The fourth-order valence-corrected chi connectivity index (χ4v) is 19.2. The van der Waals surface area contributed by atoms with Gasteiger partial charge < -0.3 is 120 Å². The van der Waals surface area contributed by atoms with E-state index in [1.54, 1.807) is 29.1 Å². The van der Waals surface area contributed by atoms with E-state index in [1.807, 2.05) is 0 Å². The Hall–Kier alpha value is -4.58. The summed E-state index contributed by atoms with van der Waals surface area (Å²) < 4.78 is 35.6. The summed E-state index contributed by atoms with van der Waals surface area (Å²) in [5, 5.41) is 96.8. The Bertz CT molecular complexity index is 3750. The molecule has 0 aromatic heterocycles. The van der Waals surface area contributed by atoms with Gasteiger partial charge >= 0.3 is 0 Å². The normalized spacial score (nSPS) is 35.8. The van der Waals surface area contributed by atoms with Gasteiger partial charge in [-0.3, -0.25) is 24.0 Å². The molecule has 13 N–H and O–H groups in total. The van der Waals surface area contributed by atoms with Crippen LogP contribution < -0.4 is 26.6 Å². The number of carbonyl (C=O) groups is 5. The number of hydrogen-bond acceptors (Lipinski definition) is 24. The fourth-order valence-electron chi connectivity index (χ4n) is 13.4. The lowest BCUT2D eigenvalue weighted by atomic mass is 9.94. The molecule has 5 amide bonds. The van der Waals surface area contributed by atoms with Crippen molar-refractivity contribution in [2.45, 2.75) is 171 Å². The number of ether oxygens (including phenoxy) is 6. The van der Waals surface area contributed by atoms with Gasteiger partial charge in [-0.1, -0.05) is 55.5 Å². The zero-order valence-corrected chi connectivity index (χ0v) is 71.9. The van der Waals surface area contributed by atoms with E-state index < -0.39 is 137 Å². The minimum atomic E-state index is -1.47. The Morgan fingerprint density at radius 1 is 0.431 bits per heavy atom. The SMILES string of the molecule is C=C1NC(=O)C=CN1[C@@H]1O[C@@]2(CCP(=C)(C)C)CO[C@@H]1[C@@H]2O.C=C1NC(=O)C=CN1[C@@H]1O[C@H](CCP(=C)(C)C)[C@@H](O)[C@@]1(C)O.C=C1NC(=O)C=CN1[C@@H]1O[C@H](CCP(=C)(C)C)[C@@H](O)[C@H]1I.C=C1NC(=O)C=CN1[C@@H]1O[C@H](CCP(=C)(C)C)[C@@H](O)[C@]1(C)O.C=C1NC(=O)C=CN1[C@@H]1O[C@](C)(CCP(=C)(C)C)[C@@H](O)[C@H]1O. The lowest BCUT2D eigenvalue weighted by Crippen LogP contribution is -2.53. The number of fused-ring (bicyclic) bond motifs is 2. The van der Waals surface area contributed by atoms with Crippen LogP contribution in [0.2, 0.25) is 0 Å². The van der Waals surface area contributed by atoms with Gasteiger partial charge in [0.25, 0.3) is 29.5 Å². The third-order valence-electron chi connectivity index (χ3n) is 20.0. The lowest BCUT2D eigenvalue weighted by molar-refractivity contribution is -0.182. The second kappa shape index (κ2) is 35.7. The van der Waals surface area contributed by atoms with Crippen LogP contribution >= 0.6 is 57.0 Å². The summed E-state index contributed by atoms with van der Waals surface area (Å²) in [5.41, 5.74) is -4.47. The van der Waals surface area contributed by atoms with Gasteiger partial charge in [0.05, 0.1) is 40.5 Å². The van der Waals surface area contributed by atoms with Crippen molar-refractivity contribution in [2.75, 3.05) is 104 Å². The van der Waals surface area contributed by atoms with E-state index in [0.29, 0.717) is 55.0 Å². The van der Waals surface area contributed by atoms with Crippen LogP contribution in [0.5, 0.6) is 0 Å². The summed E-state index contributed by atoms with van der Waals surface area (Å²) in [4.78, 5) is 64.6. The number of alkyl halides is 1. The molecule has 612 valence electrons. The van der Waals surface area contributed by atoms with E-state index in [4.69, 9.17) is 28.4 Å². The Kier molecular flexibility index (Phi) is 30.0. The maximum Gasteiger partial charge on any atom is 0.250 e. The largest absolute Gasteiger partial charge is 0.389 e. The lowest BCUT2D eigenvalue weighted by Gasteiger charge is -2.38. The molecule has 0 aromatic rings. The first-order valence-electron chi connectivity index (χ1n) is 35.8. The third-order valence-corrected chi connectivity index (χ3v) is 28.6. The zero-order valence-electron chi connectivity index (χ0n) is 65.3. The van der Waals surface area contributed by atoms with E-state index in [2.05, 4.69) is 180 Å². The number of hydrogen-bond donors (Lipinski definition) is 13. The number of halogens is 1. The van der Waals surface area contributed by atoms with Crippen molar-refractivity contribution in [3.63, 3.8) is 0 Å². The second-order valence-corrected chi connectivity index (χ2v) is 56.4. The van der Waals surface area contributed by atoms with E-state index in [9.17, 15) is 64.8 Å². The van der Waals surface area contributed by atoms with Crippen molar-refractivity contribution in [3.8, 4) is 0 Å². The molecule has 11 heterocycles. The summed E-state index contributed by atoms with van der Waals surface area (Å²) in [7, 11) is 0. The summed E-state index contributed by atoms with van der Waals surface area (Å²) in [6, 6.07) is 0. The molecule has 6 saturated heterocycles. The molecule has 11 aliphatic heterocycles. The predicted octanol–water partition coefficient (Wildman–Crippen LogP) is 2.77.